The summed E-state index contributed by atoms with van der Waals surface area (Å²) in [5.41, 5.74) is 0.429. The van der Waals surface area contributed by atoms with Crippen LogP contribution in [0.5, 0.6) is 0 Å². The van der Waals surface area contributed by atoms with E-state index in [0.29, 0.717) is 23.9 Å². The molecule has 3 N–H and O–H groups in total. The zero-order valence-corrected chi connectivity index (χ0v) is 13.7. The zero-order chi connectivity index (χ0) is 17.8. The topological polar surface area (TPSA) is 114 Å². The van der Waals surface area contributed by atoms with Crippen molar-refractivity contribution in [1.29, 1.82) is 0 Å². The van der Waals surface area contributed by atoms with E-state index in [1.807, 2.05) is 6.07 Å². The van der Waals surface area contributed by atoms with Gasteiger partial charge in [-0.1, -0.05) is 12.1 Å². The summed E-state index contributed by atoms with van der Waals surface area (Å²) in [5.74, 6) is -0.275. The van der Waals surface area contributed by atoms with Crippen LogP contribution in [0.3, 0.4) is 0 Å². The molecule has 8 nitrogen and oxygen atoms in total. The molecule has 1 aromatic heterocycles. The standard InChI is InChI=1S/C17H21N3O5/c21-9-14-16(23)13(6-8-25-14)19-15(22)5-7-20-10-18-12-4-2-1-3-11(12)17(20)24/h1-4,10,13-14,16,21,23H,5-9H2,(H,19,22)/t13-,14+,16-/m0/s1. The van der Waals surface area contributed by atoms with Crippen LogP contribution in [0.4, 0.5) is 0 Å². The summed E-state index contributed by atoms with van der Waals surface area (Å²) in [6.07, 6.45) is 0.358. The minimum atomic E-state index is -0.951. The smallest absolute Gasteiger partial charge is 0.261 e. The van der Waals surface area contributed by atoms with E-state index in [2.05, 4.69) is 10.3 Å². The van der Waals surface area contributed by atoms with Crippen LogP contribution in [-0.4, -0.2) is 57.1 Å². The Hall–Kier alpha value is -2.29. The fourth-order valence-corrected chi connectivity index (χ4v) is 2.96. The molecule has 0 aliphatic carbocycles. The SMILES string of the molecule is O=C(CCn1cnc2ccccc2c1=O)N[C@H]1CCO[C@H](CO)[C@H]1O. The second-order valence-corrected chi connectivity index (χ2v) is 6.06. The molecule has 0 bridgehead atoms. The van der Waals surface area contributed by atoms with Gasteiger partial charge in [-0.2, -0.15) is 0 Å². The first-order valence-electron chi connectivity index (χ1n) is 8.24. The number of nitrogens with one attached hydrogen (secondary N) is 1. The summed E-state index contributed by atoms with van der Waals surface area (Å²) >= 11 is 0. The number of aliphatic hydroxyl groups excluding tert-OH is 2. The number of nitrogens with zero attached hydrogens (tertiary/aromatic N) is 2. The van der Waals surface area contributed by atoms with E-state index in [1.165, 1.54) is 10.9 Å². The average Bonchev–Trinajstić information content (AvgIpc) is 2.63. The number of amides is 1. The molecular weight excluding hydrogens is 326 g/mol. The molecular formula is C17H21N3O5. The molecule has 25 heavy (non-hydrogen) atoms. The molecule has 0 spiro atoms. The van der Waals surface area contributed by atoms with Gasteiger partial charge < -0.3 is 20.3 Å². The molecule has 1 saturated heterocycles. The van der Waals surface area contributed by atoms with Crippen molar-refractivity contribution in [2.24, 2.45) is 0 Å². The molecule has 2 heterocycles. The van der Waals surface area contributed by atoms with Crippen molar-refractivity contribution in [3.63, 3.8) is 0 Å². The van der Waals surface area contributed by atoms with Gasteiger partial charge in [-0.3, -0.25) is 14.2 Å². The highest BCUT2D eigenvalue weighted by Crippen LogP contribution is 2.14. The lowest BCUT2D eigenvalue weighted by atomic mass is 10.00. The van der Waals surface area contributed by atoms with Gasteiger partial charge in [-0.05, 0) is 18.6 Å². The number of aromatic nitrogens is 2. The molecule has 0 unspecified atom stereocenters. The Kier molecular flexibility index (Phi) is 5.42. The fraction of sp³-hybridized carbons (Fsp3) is 0.471. The highest BCUT2D eigenvalue weighted by molar-refractivity contribution is 5.77. The first-order chi connectivity index (χ1) is 12.1. The molecule has 3 rings (SSSR count). The number of aryl methyl sites for hydroxylation is 1. The van der Waals surface area contributed by atoms with Crippen LogP contribution in [0.15, 0.2) is 35.4 Å². The molecule has 1 aliphatic heterocycles. The highest BCUT2D eigenvalue weighted by atomic mass is 16.5. The van der Waals surface area contributed by atoms with Gasteiger partial charge in [0.15, 0.2) is 0 Å². The number of benzene rings is 1. The summed E-state index contributed by atoms with van der Waals surface area (Å²) in [6.45, 7) is 0.262. The monoisotopic (exact) mass is 347 g/mol. The Labute approximate surface area is 144 Å². The maximum Gasteiger partial charge on any atom is 0.261 e. The highest BCUT2D eigenvalue weighted by Gasteiger charge is 2.33. The van der Waals surface area contributed by atoms with E-state index in [-0.39, 0.29) is 31.0 Å². The van der Waals surface area contributed by atoms with E-state index in [9.17, 15) is 14.7 Å². The number of rotatable bonds is 5. The van der Waals surface area contributed by atoms with Crippen molar-refractivity contribution in [3.05, 3.63) is 40.9 Å². The number of fused-ring (bicyclic) bond motifs is 1. The van der Waals surface area contributed by atoms with Gasteiger partial charge in [0.25, 0.3) is 5.56 Å². The molecule has 2 aromatic rings. The molecule has 8 heteroatoms. The molecule has 3 atom stereocenters. The molecule has 0 radical (unpaired) electrons. The quantitative estimate of drug-likeness (QED) is 0.666. The van der Waals surface area contributed by atoms with Crippen LogP contribution in [0.25, 0.3) is 10.9 Å². The van der Waals surface area contributed by atoms with Crippen LogP contribution in [0, 0.1) is 0 Å². The Morgan fingerprint density at radius 1 is 1.40 bits per heavy atom. The molecule has 1 aliphatic rings. The lowest BCUT2D eigenvalue weighted by Crippen LogP contribution is -2.54. The lowest BCUT2D eigenvalue weighted by molar-refractivity contribution is -0.131. The van der Waals surface area contributed by atoms with E-state index in [1.54, 1.807) is 18.2 Å². The normalized spacial score (nSPS) is 23.5. The third kappa shape index (κ3) is 3.87. The Morgan fingerprint density at radius 3 is 3.00 bits per heavy atom. The van der Waals surface area contributed by atoms with Gasteiger partial charge in [0.1, 0.15) is 12.2 Å². The molecule has 134 valence electrons. The molecule has 1 fully saturated rings. The minimum Gasteiger partial charge on any atom is -0.394 e. The summed E-state index contributed by atoms with van der Waals surface area (Å²) in [4.78, 5) is 28.7. The molecule has 0 saturated carbocycles. The number of carbonyl (C=O) groups is 1. The maximum absolute atomic E-state index is 12.4. The second kappa shape index (κ2) is 7.73. The van der Waals surface area contributed by atoms with E-state index < -0.39 is 18.2 Å². The second-order valence-electron chi connectivity index (χ2n) is 6.06. The number of hydrogen-bond donors (Lipinski definition) is 3. The van der Waals surface area contributed by atoms with Crippen molar-refractivity contribution < 1.29 is 19.7 Å². The number of ether oxygens (including phenoxy) is 1. The number of hydrogen-bond acceptors (Lipinski definition) is 6. The predicted molar refractivity (Wildman–Crippen MR) is 90.0 cm³/mol. The number of para-hydroxylation sites is 1. The van der Waals surface area contributed by atoms with Gasteiger partial charge in [-0.15, -0.1) is 0 Å². The van der Waals surface area contributed by atoms with Crippen LogP contribution >= 0.6 is 0 Å². The lowest BCUT2D eigenvalue weighted by Gasteiger charge is -2.34. The van der Waals surface area contributed by atoms with Crippen LogP contribution in [-0.2, 0) is 16.1 Å². The van der Waals surface area contributed by atoms with Crippen LogP contribution < -0.4 is 10.9 Å². The van der Waals surface area contributed by atoms with E-state index in [4.69, 9.17) is 9.84 Å². The molecule has 1 aromatic carbocycles. The largest absolute Gasteiger partial charge is 0.394 e. The summed E-state index contributed by atoms with van der Waals surface area (Å²) in [7, 11) is 0. The minimum absolute atomic E-state index is 0.0911. The maximum atomic E-state index is 12.4. The van der Waals surface area contributed by atoms with Gasteiger partial charge in [-0.25, -0.2) is 4.98 Å². The van der Waals surface area contributed by atoms with Crippen LogP contribution in [0.2, 0.25) is 0 Å². The third-order valence-corrected chi connectivity index (χ3v) is 4.39. The van der Waals surface area contributed by atoms with Crippen molar-refractivity contribution in [2.45, 2.75) is 37.6 Å². The number of carbonyl (C=O) groups excluding carboxylic acids is 1. The summed E-state index contributed by atoms with van der Waals surface area (Å²) < 4.78 is 6.63. The Bertz CT molecular complexity index is 806. The molecule has 1 amide bonds. The summed E-state index contributed by atoms with van der Waals surface area (Å²) in [6, 6.07) is 6.58. The fourth-order valence-electron chi connectivity index (χ4n) is 2.96. The van der Waals surface area contributed by atoms with Gasteiger partial charge in [0.05, 0.1) is 29.9 Å². The van der Waals surface area contributed by atoms with E-state index >= 15 is 0 Å². The van der Waals surface area contributed by atoms with E-state index in [0.717, 1.165) is 0 Å². The Balaban J connectivity index is 1.61. The first kappa shape index (κ1) is 17.5. The van der Waals surface area contributed by atoms with Gasteiger partial charge in [0, 0.05) is 19.6 Å². The average molecular weight is 347 g/mol. The van der Waals surface area contributed by atoms with Gasteiger partial charge in [0.2, 0.25) is 5.91 Å². The summed E-state index contributed by atoms with van der Waals surface area (Å²) in [5, 5.41) is 22.5. The van der Waals surface area contributed by atoms with Crippen LogP contribution in [0.1, 0.15) is 12.8 Å². The first-order valence-corrected chi connectivity index (χ1v) is 8.24. The van der Waals surface area contributed by atoms with Gasteiger partial charge >= 0.3 is 0 Å². The van der Waals surface area contributed by atoms with Crippen molar-refractivity contribution in [2.75, 3.05) is 13.2 Å². The number of aliphatic hydroxyl groups is 2. The predicted octanol–water partition coefficient (Wildman–Crippen LogP) is -0.586. The Morgan fingerprint density at radius 2 is 2.20 bits per heavy atom. The zero-order valence-electron chi connectivity index (χ0n) is 13.7. The van der Waals surface area contributed by atoms with Crippen molar-refractivity contribution in [1.82, 2.24) is 14.9 Å². The van der Waals surface area contributed by atoms with Crippen molar-refractivity contribution >= 4 is 16.8 Å². The third-order valence-electron chi connectivity index (χ3n) is 4.39. The van der Waals surface area contributed by atoms with Crippen molar-refractivity contribution in [3.8, 4) is 0 Å².